The van der Waals surface area contributed by atoms with Crippen molar-refractivity contribution in [1.82, 2.24) is 15.0 Å². The van der Waals surface area contributed by atoms with Gasteiger partial charge in [-0.05, 0) is 95.0 Å². The smallest absolute Gasteiger partial charge is 0.164 e. The van der Waals surface area contributed by atoms with E-state index in [2.05, 4.69) is 212 Å². The van der Waals surface area contributed by atoms with Crippen LogP contribution in [0.4, 0.5) is 0 Å². The molecule has 0 fully saturated rings. The number of hydrogen-bond donors (Lipinski definition) is 0. The second-order valence-electron chi connectivity index (χ2n) is 15.2. The summed E-state index contributed by atoms with van der Waals surface area (Å²) in [4.78, 5) is 15.3. The van der Waals surface area contributed by atoms with Crippen LogP contribution < -0.4 is 0 Å². The molecule has 0 amide bonds. The lowest BCUT2D eigenvalue weighted by atomic mass is 9.91. The van der Waals surface area contributed by atoms with E-state index in [9.17, 15) is 0 Å². The lowest BCUT2D eigenvalue weighted by molar-refractivity contribution is 1.07. The Labute approximate surface area is 349 Å². The zero-order valence-corrected chi connectivity index (χ0v) is 32.7. The van der Waals surface area contributed by atoms with Crippen molar-refractivity contribution >= 4 is 32.3 Å². The molecule has 0 aliphatic heterocycles. The molecule has 60 heavy (non-hydrogen) atoms. The molecule has 0 bridgehead atoms. The first-order chi connectivity index (χ1) is 29.7. The molecule has 0 saturated heterocycles. The van der Waals surface area contributed by atoms with Crippen LogP contribution >= 0.6 is 0 Å². The average molecular weight is 764 g/mol. The third-order valence-corrected chi connectivity index (χ3v) is 11.5. The van der Waals surface area contributed by atoms with Crippen molar-refractivity contribution < 1.29 is 0 Å². The maximum Gasteiger partial charge on any atom is 0.164 e. The van der Waals surface area contributed by atoms with Gasteiger partial charge >= 0.3 is 0 Å². The molecule has 0 radical (unpaired) electrons. The van der Waals surface area contributed by atoms with Crippen LogP contribution in [0.25, 0.3) is 111 Å². The lowest BCUT2D eigenvalue weighted by Gasteiger charge is -2.13. The molecule has 0 aliphatic rings. The molecule has 10 aromatic carbocycles. The van der Waals surface area contributed by atoms with Crippen molar-refractivity contribution in [3.63, 3.8) is 0 Å². The molecule has 0 N–H and O–H groups in total. The quantitative estimate of drug-likeness (QED) is 0.152. The Morgan fingerprint density at radius 3 is 0.917 bits per heavy atom. The van der Waals surface area contributed by atoms with E-state index in [1.165, 1.54) is 54.6 Å². The van der Waals surface area contributed by atoms with Crippen LogP contribution in [0.3, 0.4) is 0 Å². The van der Waals surface area contributed by atoms with Crippen LogP contribution in [0.2, 0.25) is 0 Å². The van der Waals surface area contributed by atoms with Crippen LogP contribution in [-0.2, 0) is 0 Å². The van der Waals surface area contributed by atoms with Crippen molar-refractivity contribution in [3.8, 4) is 78.7 Å². The fourth-order valence-corrected chi connectivity index (χ4v) is 8.45. The molecular formula is C57H37N3. The van der Waals surface area contributed by atoms with Gasteiger partial charge in [0, 0.05) is 16.7 Å². The summed E-state index contributed by atoms with van der Waals surface area (Å²) in [5.41, 5.74) is 12.0. The van der Waals surface area contributed by atoms with E-state index in [0.29, 0.717) is 17.5 Å². The second-order valence-corrected chi connectivity index (χ2v) is 15.2. The number of rotatable bonds is 7. The number of fused-ring (bicyclic) bond motifs is 6. The standard InChI is InChI=1S/C57H37N3/c1-3-13-38(14-4-1)40-25-29-42(30-26-40)55-58-56(43-31-27-41(28-32-43)39-15-5-2-6-16-39)60-57(59-55)48-20-12-19-46(36-48)44-17-11-18-45(35-44)47-33-34-53-51-23-8-7-21-49(51)50-22-9-10-24-52(50)54(53)37-47/h1-37H. The van der Waals surface area contributed by atoms with Crippen LogP contribution in [0.5, 0.6) is 0 Å². The summed E-state index contributed by atoms with van der Waals surface area (Å²) < 4.78 is 0. The molecule has 3 heteroatoms. The highest BCUT2D eigenvalue weighted by atomic mass is 15.0. The Morgan fingerprint density at radius 1 is 0.167 bits per heavy atom. The Balaban J connectivity index is 0.982. The van der Waals surface area contributed by atoms with Gasteiger partial charge in [0.25, 0.3) is 0 Å². The van der Waals surface area contributed by atoms with Gasteiger partial charge in [-0.3, -0.25) is 0 Å². The summed E-state index contributed by atoms with van der Waals surface area (Å²) in [6.45, 7) is 0. The van der Waals surface area contributed by atoms with Gasteiger partial charge in [-0.1, -0.05) is 206 Å². The Bertz CT molecular complexity index is 3200. The fourth-order valence-electron chi connectivity index (χ4n) is 8.45. The van der Waals surface area contributed by atoms with Crippen LogP contribution in [0, 0.1) is 0 Å². The normalized spacial score (nSPS) is 11.3. The highest BCUT2D eigenvalue weighted by Gasteiger charge is 2.15. The van der Waals surface area contributed by atoms with Gasteiger partial charge in [0.05, 0.1) is 0 Å². The first-order valence-electron chi connectivity index (χ1n) is 20.3. The molecule has 11 rings (SSSR count). The van der Waals surface area contributed by atoms with Gasteiger partial charge in [0.1, 0.15) is 0 Å². The molecule has 0 atom stereocenters. The molecule has 3 nitrogen and oxygen atoms in total. The maximum atomic E-state index is 5.12. The SMILES string of the molecule is c1ccc(-c2ccc(-c3nc(-c4ccc(-c5ccccc5)cc4)nc(-c4cccc(-c5cccc(-c6ccc7c8ccccc8c8ccccc8c7c6)c5)c4)n3)cc2)cc1. The van der Waals surface area contributed by atoms with Crippen LogP contribution in [0.15, 0.2) is 224 Å². The van der Waals surface area contributed by atoms with Gasteiger partial charge < -0.3 is 0 Å². The molecule has 1 aromatic heterocycles. The summed E-state index contributed by atoms with van der Waals surface area (Å²) in [5, 5.41) is 7.65. The zero-order valence-electron chi connectivity index (χ0n) is 32.7. The van der Waals surface area contributed by atoms with Gasteiger partial charge in [0.2, 0.25) is 0 Å². The largest absolute Gasteiger partial charge is 0.208 e. The van der Waals surface area contributed by atoms with Crippen molar-refractivity contribution in [2.75, 3.05) is 0 Å². The molecule has 0 aliphatic carbocycles. The number of hydrogen-bond acceptors (Lipinski definition) is 3. The zero-order chi connectivity index (χ0) is 39.8. The van der Waals surface area contributed by atoms with E-state index in [1.807, 2.05) is 12.1 Å². The molecule has 0 unspecified atom stereocenters. The lowest BCUT2D eigenvalue weighted by Crippen LogP contribution is -2.00. The van der Waals surface area contributed by atoms with E-state index in [4.69, 9.17) is 15.0 Å². The fraction of sp³-hybridized carbons (Fsp3) is 0. The third kappa shape index (κ3) is 6.58. The van der Waals surface area contributed by atoms with E-state index < -0.39 is 0 Å². The highest BCUT2D eigenvalue weighted by molar-refractivity contribution is 6.25. The minimum absolute atomic E-state index is 0.626. The van der Waals surface area contributed by atoms with E-state index in [-0.39, 0.29) is 0 Å². The summed E-state index contributed by atoms with van der Waals surface area (Å²) in [6, 6.07) is 79.5. The number of aromatic nitrogens is 3. The van der Waals surface area contributed by atoms with E-state index in [0.717, 1.165) is 38.9 Å². The van der Waals surface area contributed by atoms with Crippen molar-refractivity contribution in [1.29, 1.82) is 0 Å². The molecule has 0 spiro atoms. The minimum atomic E-state index is 0.626. The Hall–Kier alpha value is -8.01. The van der Waals surface area contributed by atoms with Crippen LogP contribution in [0.1, 0.15) is 0 Å². The maximum absolute atomic E-state index is 5.12. The number of benzene rings is 10. The predicted molar refractivity (Wildman–Crippen MR) is 250 cm³/mol. The van der Waals surface area contributed by atoms with Crippen molar-refractivity contribution in [3.05, 3.63) is 224 Å². The third-order valence-electron chi connectivity index (χ3n) is 11.5. The summed E-state index contributed by atoms with van der Waals surface area (Å²) in [7, 11) is 0. The molecule has 1 heterocycles. The minimum Gasteiger partial charge on any atom is -0.208 e. The Morgan fingerprint density at radius 2 is 0.450 bits per heavy atom. The highest BCUT2D eigenvalue weighted by Crippen LogP contribution is 2.38. The molecule has 11 aromatic rings. The summed E-state index contributed by atoms with van der Waals surface area (Å²) in [5.74, 6) is 1.89. The van der Waals surface area contributed by atoms with Gasteiger partial charge in [0.15, 0.2) is 17.5 Å². The van der Waals surface area contributed by atoms with Crippen LogP contribution in [-0.4, -0.2) is 15.0 Å². The van der Waals surface area contributed by atoms with Crippen molar-refractivity contribution in [2.45, 2.75) is 0 Å². The van der Waals surface area contributed by atoms with Gasteiger partial charge in [-0.25, -0.2) is 15.0 Å². The monoisotopic (exact) mass is 763 g/mol. The predicted octanol–water partition coefficient (Wildman–Crippen LogP) is 15.0. The molecule has 280 valence electrons. The summed E-state index contributed by atoms with van der Waals surface area (Å²) in [6.07, 6.45) is 0. The molecule has 0 saturated carbocycles. The summed E-state index contributed by atoms with van der Waals surface area (Å²) >= 11 is 0. The van der Waals surface area contributed by atoms with E-state index >= 15 is 0 Å². The van der Waals surface area contributed by atoms with Gasteiger partial charge in [-0.15, -0.1) is 0 Å². The van der Waals surface area contributed by atoms with E-state index in [1.54, 1.807) is 0 Å². The molecular weight excluding hydrogens is 727 g/mol. The van der Waals surface area contributed by atoms with Crippen molar-refractivity contribution in [2.24, 2.45) is 0 Å². The average Bonchev–Trinajstić information content (AvgIpc) is 3.34. The first-order valence-corrected chi connectivity index (χ1v) is 20.3. The van der Waals surface area contributed by atoms with Gasteiger partial charge in [-0.2, -0.15) is 0 Å². The second kappa shape index (κ2) is 15.1. The Kier molecular flexibility index (Phi) is 8.83. The topological polar surface area (TPSA) is 38.7 Å². The number of nitrogens with zero attached hydrogens (tertiary/aromatic N) is 3. The first kappa shape index (κ1) is 35.2.